The predicted octanol–water partition coefficient (Wildman–Crippen LogP) is 2.07. The van der Waals surface area contributed by atoms with Crippen molar-refractivity contribution < 1.29 is 17.9 Å². The molecule has 6 heteroatoms. The molecule has 1 fully saturated rings. The third-order valence-electron chi connectivity index (χ3n) is 4.15. The maximum absolute atomic E-state index is 12.7. The van der Waals surface area contributed by atoms with Gasteiger partial charge >= 0.3 is 6.18 Å². The van der Waals surface area contributed by atoms with Gasteiger partial charge < -0.3 is 10.1 Å². The Hall–Kier alpha value is -1.01. The number of hydrogen-bond donors (Lipinski definition) is 1. The van der Waals surface area contributed by atoms with Crippen LogP contribution in [0.4, 0.5) is 13.2 Å². The molecule has 2 aliphatic heterocycles. The SMILES string of the molecule is FC(F)(F)C1C=CC2=C(CC(CN3CCNCC3)O2)C1. The molecule has 1 saturated heterocycles. The zero-order valence-electron chi connectivity index (χ0n) is 11.2. The molecule has 0 bridgehead atoms. The molecule has 3 rings (SSSR count). The minimum atomic E-state index is -4.15. The van der Waals surface area contributed by atoms with Crippen molar-refractivity contribution in [3.63, 3.8) is 0 Å². The summed E-state index contributed by atoms with van der Waals surface area (Å²) in [6.45, 7) is 4.70. The van der Waals surface area contributed by atoms with E-state index in [0.29, 0.717) is 12.2 Å². The van der Waals surface area contributed by atoms with Crippen molar-refractivity contribution in [3.05, 3.63) is 23.5 Å². The van der Waals surface area contributed by atoms with Crippen molar-refractivity contribution in [1.29, 1.82) is 0 Å². The summed E-state index contributed by atoms with van der Waals surface area (Å²) in [5, 5.41) is 3.28. The lowest BCUT2D eigenvalue weighted by molar-refractivity contribution is -0.161. The van der Waals surface area contributed by atoms with E-state index in [9.17, 15) is 13.2 Å². The Balaban J connectivity index is 1.55. The van der Waals surface area contributed by atoms with Crippen molar-refractivity contribution in [3.8, 4) is 0 Å². The first-order chi connectivity index (χ1) is 9.52. The summed E-state index contributed by atoms with van der Waals surface area (Å²) in [5.74, 6) is -0.673. The Kier molecular flexibility index (Phi) is 3.77. The maximum Gasteiger partial charge on any atom is 0.395 e. The maximum atomic E-state index is 12.7. The molecule has 1 aliphatic carbocycles. The number of nitrogens with zero attached hydrogens (tertiary/aromatic N) is 1. The third-order valence-corrected chi connectivity index (χ3v) is 4.15. The molecule has 0 spiro atoms. The van der Waals surface area contributed by atoms with Crippen molar-refractivity contribution in [2.24, 2.45) is 5.92 Å². The number of ether oxygens (including phenoxy) is 1. The summed E-state index contributed by atoms with van der Waals surface area (Å²) in [7, 11) is 0. The van der Waals surface area contributed by atoms with E-state index in [-0.39, 0.29) is 12.5 Å². The van der Waals surface area contributed by atoms with Crippen LogP contribution in [0.15, 0.2) is 23.5 Å². The van der Waals surface area contributed by atoms with Gasteiger partial charge in [-0.15, -0.1) is 0 Å². The number of allylic oxidation sites excluding steroid dienone is 2. The van der Waals surface area contributed by atoms with Gasteiger partial charge in [0.25, 0.3) is 0 Å². The van der Waals surface area contributed by atoms with Crippen molar-refractivity contribution >= 4 is 0 Å². The van der Waals surface area contributed by atoms with E-state index in [1.807, 2.05) is 0 Å². The lowest BCUT2D eigenvalue weighted by Crippen LogP contribution is -2.46. The fourth-order valence-electron chi connectivity index (χ4n) is 3.07. The van der Waals surface area contributed by atoms with Gasteiger partial charge in [0.1, 0.15) is 11.9 Å². The van der Waals surface area contributed by atoms with Crippen molar-refractivity contribution in [2.75, 3.05) is 32.7 Å². The van der Waals surface area contributed by atoms with Crippen LogP contribution >= 0.6 is 0 Å². The van der Waals surface area contributed by atoms with E-state index in [4.69, 9.17) is 4.74 Å². The van der Waals surface area contributed by atoms with Crippen LogP contribution in [0, 0.1) is 5.92 Å². The molecule has 0 aromatic carbocycles. The number of hydrogen-bond acceptors (Lipinski definition) is 3. The molecule has 1 N–H and O–H groups in total. The van der Waals surface area contributed by atoms with Crippen molar-refractivity contribution in [1.82, 2.24) is 10.2 Å². The smallest absolute Gasteiger partial charge is 0.395 e. The normalized spacial score (nSPS) is 31.4. The van der Waals surface area contributed by atoms with E-state index in [2.05, 4.69) is 10.2 Å². The highest BCUT2D eigenvalue weighted by atomic mass is 19.4. The molecule has 0 amide bonds. The lowest BCUT2D eigenvalue weighted by Gasteiger charge is -2.29. The summed E-state index contributed by atoms with van der Waals surface area (Å²) in [5.41, 5.74) is 0.829. The Morgan fingerprint density at radius 3 is 2.70 bits per heavy atom. The average molecular weight is 288 g/mol. The molecule has 0 aromatic heterocycles. The van der Waals surface area contributed by atoms with E-state index in [0.717, 1.165) is 38.3 Å². The van der Waals surface area contributed by atoms with E-state index in [1.54, 1.807) is 0 Å². The molecular formula is C14H19F3N2O. The van der Waals surface area contributed by atoms with E-state index >= 15 is 0 Å². The van der Waals surface area contributed by atoms with Gasteiger partial charge in [0.05, 0.1) is 5.92 Å². The molecule has 2 unspecified atom stereocenters. The van der Waals surface area contributed by atoms with E-state index in [1.165, 1.54) is 12.2 Å². The summed E-state index contributed by atoms with van der Waals surface area (Å²) in [6, 6.07) is 0. The minimum Gasteiger partial charge on any atom is -0.489 e. The second-order valence-corrected chi connectivity index (χ2v) is 5.67. The summed E-state index contributed by atoms with van der Waals surface area (Å²) >= 11 is 0. The highest BCUT2D eigenvalue weighted by molar-refractivity contribution is 5.30. The Bertz CT molecular complexity index is 425. The van der Waals surface area contributed by atoms with Gasteiger partial charge in [-0.1, -0.05) is 6.08 Å². The number of piperazine rings is 1. The van der Waals surface area contributed by atoms with Crippen LogP contribution < -0.4 is 5.32 Å². The first-order valence-electron chi connectivity index (χ1n) is 7.09. The van der Waals surface area contributed by atoms with Crippen LogP contribution in [0.5, 0.6) is 0 Å². The van der Waals surface area contributed by atoms with Crippen LogP contribution in [0.1, 0.15) is 12.8 Å². The monoisotopic (exact) mass is 288 g/mol. The second-order valence-electron chi connectivity index (χ2n) is 5.67. The van der Waals surface area contributed by atoms with E-state index < -0.39 is 12.1 Å². The zero-order valence-corrected chi connectivity index (χ0v) is 11.2. The Labute approximate surface area is 116 Å². The predicted molar refractivity (Wildman–Crippen MR) is 69.1 cm³/mol. The van der Waals surface area contributed by atoms with Gasteiger partial charge in [-0.05, 0) is 18.1 Å². The van der Waals surface area contributed by atoms with Gasteiger partial charge in [-0.25, -0.2) is 0 Å². The average Bonchev–Trinajstić information content (AvgIpc) is 2.80. The quantitative estimate of drug-likeness (QED) is 0.842. The topological polar surface area (TPSA) is 24.5 Å². The Morgan fingerprint density at radius 2 is 2.00 bits per heavy atom. The fourth-order valence-corrected chi connectivity index (χ4v) is 3.07. The molecule has 2 atom stereocenters. The van der Waals surface area contributed by atoms with Gasteiger partial charge in [0.15, 0.2) is 0 Å². The van der Waals surface area contributed by atoms with Gasteiger partial charge in [0, 0.05) is 39.1 Å². The van der Waals surface area contributed by atoms with Gasteiger partial charge in [0.2, 0.25) is 0 Å². The number of nitrogens with one attached hydrogen (secondary N) is 1. The number of rotatable bonds is 2. The largest absolute Gasteiger partial charge is 0.489 e. The van der Waals surface area contributed by atoms with Crippen LogP contribution in [-0.4, -0.2) is 49.9 Å². The zero-order chi connectivity index (χ0) is 14.2. The highest BCUT2D eigenvalue weighted by Crippen LogP contribution is 2.41. The van der Waals surface area contributed by atoms with Crippen LogP contribution in [0.3, 0.4) is 0 Å². The molecule has 112 valence electrons. The van der Waals surface area contributed by atoms with Crippen LogP contribution in [0.2, 0.25) is 0 Å². The number of alkyl halides is 3. The van der Waals surface area contributed by atoms with Crippen LogP contribution in [0.25, 0.3) is 0 Å². The molecule has 20 heavy (non-hydrogen) atoms. The highest BCUT2D eigenvalue weighted by Gasteiger charge is 2.41. The Morgan fingerprint density at radius 1 is 1.25 bits per heavy atom. The number of halogens is 3. The molecule has 3 aliphatic rings. The lowest BCUT2D eigenvalue weighted by atomic mass is 9.91. The van der Waals surface area contributed by atoms with Crippen molar-refractivity contribution in [2.45, 2.75) is 25.1 Å². The summed E-state index contributed by atoms with van der Waals surface area (Å²) < 4.78 is 44.0. The molecule has 0 saturated carbocycles. The van der Waals surface area contributed by atoms with Crippen LogP contribution in [-0.2, 0) is 4.74 Å². The summed E-state index contributed by atoms with van der Waals surface area (Å²) in [4.78, 5) is 2.31. The molecule has 0 aromatic rings. The fraction of sp³-hybridized carbons (Fsp3) is 0.714. The molecule has 2 heterocycles. The third kappa shape index (κ3) is 3.01. The summed E-state index contributed by atoms with van der Waals surface area (Å²) in [6.07, 6.45) is -0.703. The van der Waals surface area contributed by atoms with Gasteiger partial charge in [-0.2, -0.15) is 13.2 Å². The first kappa shape index (κ1) is 13.9. The molecule has 3 nitrogen and oxygen atoms in total. The second kappa shape index (κ2) is 5.41. The van der Waals surface area contributed by atoms with Gasteiger partial charge in [-0.3, -0.25) is 4.90 Å². The standard InChI is InChI=1S/C14H19F3N2O/c15-14(16,17)11-1-2-13-10(7-11)8-12(20-13)9-19-5-3-18-4-6-19/h1-2,11-12,18H,3-9H2. The minimum absolute atomic E-state index is 0.00901. The molecule has 0 radical (unpaired) electrons. The first-order valence-corrected chi connectivity index (χ1v) is 7.09. The molecular weight excluding hydrogens is 269 g/mol.